The Bertz CT molecular complexity index is 777. The quantitative estimate of drug-likeness (QED) is 0.794. The van der Waals surface area contributed by atoms with E-state index in [1.165, 1.54) is 0 Å². The summed E-state index contributed by atoms with van der Waals surface area (Å²) in [5, 5.41) is 4.16. The number of nitrogens with two attached hydrogens (primary N) is 1. The minimum atomic E-state index is 0.423. The Morgan fingerprint density at radius 3 is 2.86 bits per heavy atom. The zero-order valence-electron chi connectivity index (χ0n) is 12.0. The molecule has 0 aliphatic rings. The highest BCUT2D eigenvalue weighted by atomic mass is 15.2. The van der Waals surface area contributed by atoms with E-state index >= 15 is 0 Å². The molecule has 21 heavy (non-hydrogen) atoms. The number of anilines is 1. The van der Waals surface area contributed by atoms with Gasteiger partial charge in [0.1, 0.15) is 11.5 Å². The van der Waals surface area contributed by atoms with Gasteiger partial charge in [0, 0.05) is 31.1 Å². The van der Waals surface area contributed by atoms with E-state index < -0.39 is 0 Å². The summed E-state index contributed by atoms with van der Waals surface area (Å²) in [4.78, 5) is 13.3. The summed E-state index contributed by atoms with van der Waals surface area (Å²) >= 11 is 0. The highest BCUT2D eigenvalue weighted by Crippen LogP contribution is 2.24. The van der Waals surface area contributed by atoms with Crippen LogP contribution in [0.1, 0.15) is 12.5 Å². The van der Waals surface area contributed by atoms with Crippen LogP contribution in [0.5, 0.6) is 0 Å². The van der Waals surface area contributed by atoms with Gasteiger partial charge in [0.05, 0.1) is 11.9 Å². The van der Waals surface area contributed by atoms with E-state index in [2.05, 4.69) is 27.0 Å². The van der Waals surface area contributed by atoms with Gasteiger partial charge in [-0.05, 0) is 18.1 Å². The van der Waals surface area contributed by atoms with E-state index in [4.69, 9.17) is 5.73 Å². The summed E-state index contributed by atoms with van der Waals surface area (Å²) in [6.07, 6.45) is 6.25. The van der Waals surface area contributed by atoms with Gasteiger partial charge < -0.3 is 5.73 Å². The molecule has 106 valence electrons. The summed E-state index contributed by atoms with van der Waals surface area (Å²) < 4.78 is 1.73. The Morgan fingerprint density at radius 2 is 2.14 bits per heavy atom. The molecule has 3 rings (SSSR count). The predicted molar refractivity (Wildman–Crippen MR) is 81.3 cm³/mol. The van der Waals surface area contributed by atoms with Crippen LogP contribution in [-0.4, -0.2) is 24.7 Å². The number of hydrogen-bond donors (Lipinski definition) is 1. The van der Waals surface area contributed by atoms with Crippen molar-refractivity contribution < 1.29 is 0 Å². The SMILES string of the molecule is CCc1cccnc1-c1nc(N)cc(-c2cnn(C)c2)n1. The summed E-state index contributed by atoms with van der Waals surface area (Å²) in [5.74, 6) is 0.970. The Hall–Kier alpha value is -2.76. The lowest BCUT2D eigenvalue weighted by Gasteiger charge is -2.07. The normalized spacial score (nSPS) is 10.8. The van der Waals surface area contributed by atoms with Crippen LogP contribution in [-0.2, 0) is 13.5 Å². The molecule has 3 heterocycles. The molecule has 3 aromatic heterocycles. The second kappa shape index (κ2) is 5.32. The Morgan fingerprint density at radius 1 is 1.29 bits per heavy atom. The minimum Gasteiger partial charge on any atom is -0.384 e. The third-order valence-electron chi connectivity index (χ3n) is 3.23. The van der Waals surface area contributed by atoms with E-state index in [0.717, 1.165) is 28.9 Å². The average Bonchev–Trinajstić information content (AvgIpc) is 2.93. The first-order chi connectivity index (χ1) is 10.2. The van der Waals surface area contributed by atoms with E-state index in [1.54, 1.807) is 23.1 Å². The largest absolute Gasteiger partial charge is 0.384 e. The zero-order chi connectivity index (χ0) is 14.8. The summed E-state index contributed by atoms with van der Waals surface area (Å²) in [6, 6.07) is 5.68. The number of aromatic nitrogens is 5. The van der Waals surface area contributed by atoms with Crippen LogP contribution in [0.15, 0.2) is 36.8 Å². The van der Waals surface area contributed by atoms with Crippen molar-refractivity contribution >= 4 is 5.82 Å². The molecular formula is C15H16N6. The van der Waals surface area contributed by atoms with Gasteiger partial charge in [-0.15, -0.1) is 0 Å². The second-order valence-corrected chi connectivity index (χ2v) is 4.77. The van der Waals surface area contributed by atoms with Crippen LogP contribution < -0.4 is 5.73 Å². The molecule has 0 fully saturated rings. The van der Waals surface area contributed by atoms with Crippen LogP contribution in [0.2, 0.25) is 0 Å². The van der Waals surface area contributed by atoms with Crippen molar-refractivity contribution in [3.05, 3.63) is 42.4 Å². The molecule has 0 aliphatic carbocycles. The molecule has 0 radical (unpaired) electrons. The van der Waals surface area contributed by atoms with Crippen LogP contribution in [0.25, 0.3) is 22.8 Å². The maximum absolute atomic E-state index is 5.93. The van der Waals surface area contributed by atoms with Crippen molar-refractivity contribution in [1.29, 1.82) is 0 Å². The average molecular weight is 280 g/mol. The van der Waals surface area contributed by atoms with Crippen LogP contribution >= 0.6 is 0 Å². The van der Waals surface area contributed by atoms with Crippen LogP contribution in [0.3, 0.4) is 0 Å². The fraction of sp³-hybridized carbons (Fsp3) is 0.200. The van der Waals surface area contributed by atoms with Crippen molar-refractivity contribution in [2.75, 3.05) is 5.73 Å². The number of nitrogens with zero attached hydrogens (tertiary/aromatic N) is 5. The molecular weight excluding hydrogens is 264 g/mol. The first-order valence-electron chi connectivity index (χ1n) is 6.75. The number of pyridine rings is 1. The molecule has 6 nitrogen and oxygen atoms in total. The third kappa shape index (κ3) is 2.60. The summed E-state index contributed by atoms with van der Waals surface area (Å²) in [6.45, 7) is 2.08. The van der Waals surface area contributed by atoms with E-state index in [-0.39, 0.29) is 0 Å². The topological polar surface area (TPSA) is 82.5 Å². The van der Waals surface area contributed by atoms with Gasteiger partial charge in [0.2, 0.25) is 0 Å². The monoisotopic (exact) mass is 280 g/mol. The molecule has 0 saturated carbocycles. The Labute approximate surface area is 122 Å². The lowest BCUT2D eigenvalue weighted by Crippen LogP contribution is -2.01. The van der Waals surface area contributed by atoms with Crippen LogP contribution in [0.4, 0.5) is 5.82 Å². The van der Waals surface area contributed by atoms with Crippen molar-refractivity contribution in [2.45, 2.75) is 13.3 Å². The van der Waals surface area contributed by atoms with Gasteiger partial charge in [-0.3, -0.25) is 9.67 Å². The fourth-order valence-corrected chi connectivity index (χ4v) is 2.20. The molecule has 3 aromatic rings. The van der Waals surface area contributed by atoms with Gasteiger partial charge >= 0.3 is 0 Å². The third-order valence-corrected chi connectivity index (χ3v) is 3.23. The van der Waals surface area contributed by atoms with Gasteiger partial charge in [0.25, 0.3) is 0 Å². The molecule has 2 N–H and O–H groups in total. The Balaban J connectivity index is 2.14. The van der Waals surface area contributed by atoms with E-state index in [1.807, 2.05) is 25.4 Å². The second-order valence-electron chi connectivity index (χ2n) is 4.77. The Kier molecular flexibility index (Phi) is 3.35. The van der Waals surface area contributed by atoms with Gasteiger partial charge in [-0.1, -0.05) is 13.0 Å². The molecule has 0 bridgehead atoms. The van der Waals surface area contributed by atoms with Crippen molar-refractivity contribution in [3.63, 3.8) is 0 Å². The first kappa shape index (κ1) is 13.2. The van der Waals surface area contributed by atoms with Crippen molar-refractivity contribution in [1.82, 2.24) is 24.7 Å². The zero-order valence-corrected chi connectivity index (χ0v) is 12.0. The highest BCUT2D eigenvalue weighted by molar-refractivity contribution is 5.65. The standard InChI is InChI=1S/C15H16N6/c1-3-10-5-4-6-17-14(10)15-19-12(7-13(16)20-15)11-8-18-21(2)9-11/h4-9H,3H2,1-2H3,(H2,16,19,20). The predicted octanol–water partition coefficient (Wildman–Crippen LogP) is 2.08. The molecule has 0 aromatic carbocycles. The lowest BCUT2D eigenvalue weighted by molar-refractivity contribution is 0.768. The molecule has 0 saturated heterocycles. The first-order valence-corrected chi connectivity index (χ1v) is 6.75. The van der Waals surface area contributed by atoms with Crippen LogP contribution in [0, 0.1) is 0 Å². The highest BCUT2D eigenvalue weighted by Gasteiger charge is 2.12. The van der Waals surface area contributed by atoms with Gasteiger partial charge in [-0.2, -0.15) is 5.10 Å². The smallest absolute Gasteiger partial charge is 0.181 e. The lowest BCUT2D eigenvalue weighted by atomic mass is 10.1. The molecule has 0 spiro atoms. The maximum Gasteiger partial charge on any atom is 0.181 e. The number of rotatable bonds is 3. The number of hydrogen-bond acceptors (Lipinski definition) is 5. The van der Waals surface area contributed by atoms with Gasteiger partial charge in [0.15, 0.2) is 5.82 Å². The number of nitrogen functional groups attached to an aromatic ring is 1. The number of aryl methyl sites for hydroxylation is 2. The maximum atomic E-state index is 5.93. The van der Waals surface area contributed by atoms with E-state index in [9.17, 15) is 0 Å². The fourth-order valence-electron chi connectivity index (χ4n) is 2.20. The molecule has 0 unspecified atom stereocenters. The summed E-state index contributed by atoms with van der Waals surface area (Å²) in [5.41, 5.74) is 9.45. The molecule has 0 aliphatic heterocycles. The van der Waals surface area contributed by atoms with E-state index in [0.29, 0.717) is 11.6 Å². The van der Waals surface area contributed by atoms with Crippen molar-refractivity contribution in [2.24, 2.45) is 7.05 Å². The van der Waals surface area contributed by atoms with Crippen molar-refractivity contribution in [3.8, 4) is 22.8 Å². The minimum absolute atomic E-state index is 0.423. The summed E-state index contributed by atoms with van der Waals surface area (Å²) in [7, 11) is 1.86. The molecule has 0 amide bonds. The van der Waals surface area contributed by atoms with Gasteiger partial charge in [-0.25, -0.2) is 9.97 Å². The molecule has 6 heteroatoms. The molecule has 0 atom stereocenters.